The van der Waals surface area contributed by atoms with Gasteiger partial charge in [0.1, 0.15) is 0 Å². The Morgan fingerprint density at radius 1 is 1.17 bits per heavy atom. The van der Waals surface area contributed by atoms with Gasteiger partial charge in [-0.1, -0.05) is 29.8 Å². The van der Waals surface area contributed by atoms with Crippen LogP contribution in [0.1, 0.15) is 25.3 Å². The van der Waals surface area contributed by atoms with Crippen LogP contribution in [-0.2, 0) is 9.84 Å². The molecule has 4 aromatic rings. The largest absolute Gasteiger partial charge is 0.355 e. The predicted octanol–water partition coefficient (Wildman–Crippen LogP) is 3.72. The first-order valence-corrected chi connectivity index (χ1v) is 12.0. The molecule has 0 radical (unpaired) electrons. The number of rotatable bonds is 3. The highest BCUT2D eigenvalue weighted by Gasteiger charge is 2.29. The normalized spacial score (nSPS) is 18.0. The maximum absolute atomic E-state index is 13.3. The average Bonchev–Trinajstić information content (AvgIpc) is 3.34. The zero-order valence-corrected chi connectivity index (χ0v) is 17.9. The minimum absolute atomic E-state index is 0.0965. The van der Waals surface area contributed by atoms with Gasteiger partial charge in [-0.2, -0.15) is 4.52 Å². The van der Waals surface area contributed by atoms with Gasteiger partial charge < -0.3 is 4.90 Å². The lowest BCUT2D eigenvalue weighted by Crippen LogP contribution is -2.35. The van der Waals surface area contributed by atoms with Crippen LogP contribution in [-0.4, -0.2) is 41.3 Å². The zero-order chi connectivity index (χ0) is 20.2. The van der Waals surface area contributed by atoms with Crippen molar-refractivity contribution in [3.05, 3.63) is 41.3 Å². The van der Waals surface area contributed by atoms with Gasteiger partial charge in [-0.15, -0.1) is 16.4 Å². The number of fused-ring (bicyclic) bond motifs is 3. The molecule has 0 unspecified atom stereocenters. The van der Waals surface area contributed by atoms with Gasteiger partial charge >= 0.3 is 0 Å². The lowest BCUT2D eigenvalue weighted by molar-refractivity contribution is 0.445. The highest BCUT2D eigenvalue weighted by atomic mass is 32.2. The van der Waals surface area contributed by atoms with Gasteiger partial charge in [0.25, 0.3) is 0 Å². The minimum atomic E-state index is -3.82. The first-order valence-electron chi connectivity index (χ1n) is 9.64. The third kappa shape index (κ3) is 3.00. The monoisotopic (exact) mass is 427 g/mol. The van der Waals surface area contributed by atoms with Gasteiger partial charge in [0, 0.05) is 13.1 Å². The number of anilines is 1. The number of thiophene rings is 1. The number of hydrogen-bond donors (Lipinski definition) is 0. The molecule has 1 saturated heterocycles. The van der Waals surface area contributed by atoms with Crippen LogP contribution in [0.2, 0.25) is 0 Å². The Morgan fingerprint density at radius 3 is 2.72 bits per heavy atom. The Kier molecular flexibility index (Phi) is 4.32. The summed E-state index contributed by atoms with van der Waals surface area (Å²) in [6.07, 6.45) is 2.31. The van der Waals surface area contributed by atoms with Crippen molar-refractivity contribution >= 4 is 42.9 Å². The van der Waals surface area contributed by atoms with Crippen molar-refractivity contribution in [2.75, 3.05) is 18.0 Å². The molecule has 0 saturated carbocycles. The fraction of sp³-hybridized carbons (Fsp3) is 0.350. The van der Waals surface area contributed by atoms with Crippen molar-refractivity contribution in [3.63, 3.8) is 0 Å². The van der Waals surface area contributed by atoms with Gasteiger partial charge in [0.15, 0.2) is 11.5 Å². The van der Waals surface area contributed by atoms with Crippen molar-refractivity contribution in [1.82, 2.24) is 19.8 Å². The fourth-order valence-corrected chi connectivity index (χ4v) is 6.03. The number of piperidine rings is 1. The van der Waals surface area contributed by atoms with Crippen molar-refractivity contribution in [2.45, 2.75) is 36.6 Å². The number of sulfone groups is 1. The lowest BCUT2D eigenvalue weighted by Gasteiger charge is -2.32. The van der Waals surface area contributed by atoms with E-state index in [0.29, 0.717) is 5.92 Å². The summed E-state index contributed by atoms with van der Waals surface area (Å²) >= 11 is 1.60. The molecule has 1 fully saturated rings. The smallest absolute Gasteiger partial charge is 0.229 e. The molecule has 29 heavy (non-hydrogen) atoms. The summed E-state index contributed by atoms with van der Waals surface area (Å²) in [6, 6.07) is 8.72. The molecule has 7 nitrogen and oxygen atoms in total. The van der Waals surface area contributed by atoms with Gasteiger partial charge in [0.2, 0.25) is 14.9 Å². The molecule has 5 rings (SSSR count). The summed E-state index contributed by atoms with van der Waals surface area (Å²) in [7, 11) is -3.82. The Labute approximate surface area is 172 Å². The summed E-state index contributed by atoms with van der Waals surface area (Å²) in [5.41, 5.74) is 2.12. The summed E-state index contributed by atoms with van der Waals surface area (Å²) in [5, 5.41) is 10.1. The summed E-state index contributed by atoms with van der Waals surface area (Å²) in [5.74, 6) is 1.41. The third-order valence-electron chi connectivity index (χ3n) is 5.45. The molecule has 1 aromatic carbocycles. The molecule has 0 aliphatic carbocycles. The Hall–Kier alpha value is -2.52. The number of benzene rings is 1. The Bertz CT molecular complexity index is 1310. The Balaban J connectivity index is 1.72. The standard InChI is InChI=1S/C20H21N5O2S2/c1-13-5-7-15(8-6-13)29(26,27)20-19-21-18(24-10-3-4-14(2)12-24)17-16(9-11-28-17)25(19)23-22-20/h5-9,11,14H,3-4,10,12H2,1-2H3/t14-/m0/s1. The average molecular weight is 428 g/mol. The fourth-order valence-electron chi connectivity index (χ4n) is 3.91. The van der Waals surface area contributed by atoms with Crippen LogP contribution in [0.4, 0.5) is 5.82 Å². The number of aryl methyl sites for hydroxylation is 1. The van der Waals surface area contributed by atoms with E-state index in [1.54, 1.807) is 40.1 Å². The lowest BCUT2D eigenvalue weighted by atomic mass is 10.0. The van der Waals surface area contributed by atoms with Gasteiger partial charge in [-0.25, -0.2) is 13.4 Å². The van der Waals surface area contributed by atoms with Gasteiger partial charge in [-0.3, -0.25) is 0 Å². The quantitative estimate of drug-likeness (QED) is 0.496. The van der Waals surface area contributed by atoms with E-state index >= 15 is 0 Å². The zero-order valence-electron chi connectivity index (χ0n) is 16.2. The first kappa shape index (κ1) is 18.5. The predicted molar refractivity (Wildman–Crippen MR) is 113 cm³/mol. The topological polar surface area (TPSA) is 80.5 Å². The molecule has 1 atom stereocenters. The van der Waals surface area contributed by atoms with Crippen LogP contribution in [0.3, 0.4) is 0 Å². The Morgan fingerprint density at radius 2 is 1.97 bits per heavy atom. The van der Waals surface area contributed by atoms with E-state index in [2.05, 4.69) is 22.1 Å². The van der Waals surface area contributed by atoms with E-state index < -0.39 is 9.84 Å². The molecule has 0 N–H and O–H groups in total. The molecule has 150 valence electrons. The third-order valence-corrected chi connectivity index (χ3v) is 8.01. The van der Waals surface area contributed by atoms with E-state index in [-0.39, 0.29) is 15.6 Å². The minimum Gasteiger partial charge on any atom is -0.355 e. The van der Waals surface area contributed by atoms with Gasteiger partial charge in [0.05, 0.1) is 15.1 Å². The molecular formula is C20H21N5O2S2. The maximum Gasteiger partial charge on any atom is 0.229 e. The second kappa shape index (κ2) is 6.77. The molecule has 1 aliphatic rings. The molecule has 3 aromatic heterocycles. The van der Waals surface area contributed by atoms with E-state index in [1.165, 1.54) is 6.42 Å². The van der Waals surface area contributed by atoms with E-state index in [4.69, 9.17) is 4.98 Å². The van der Waals surface area contributed by atoms with Crippen molar-refractivity contribution in [3.8, 4) is 0 Å². The van der Waals surface area contributed by atoms with Crippen LogP contribution in [0.5, 0.6) is 0 Å². The number of nitrogens with zero attached hydrogens (tertiary/aromatic N) is 5. The van der Waals surface area contributed by atoms with Crippen LogP contribution < -0.4 is 4.90 Å². The number of hydrogen-bond acceptors (Lipinski definition) is 7. The van der Waals surface area contributed by atoms with Crippen molar-refractivity contribution in [1.29, 1.82) is 0 Å². The number of aromatic nitrogens is 4. The molecule has 4 heterocycles. The van der Waals surface area contributed by atoms with Crippen LogP contribution in [0, 0.1) is 12.8 Å². The highest BCUT2D eigenvalue weighted by molar-refractivity contribution is 7.91. The summed E-state index contributed by atoms with van der Waals surface area (Å²) in [4.78, 5) is 7.26. The molecule has 0 amide bonds. The molecule has 1 aliphatic heterocycles. The molecular weight excluding hydrogens is 406 g/mol. The first-order chi connectivity index (χ1) is 13.9. The van der Waals surface area contributed by atoms with Crippen LogP contribution in [0.15, 0.2) is 45.6 Å². The highest BCUT2D eigenvalue weighted by Crippen LogP contribution is 2.34. The van der Waals surface area contributed by atoms with Crippen LogP contribution >= 0.6 is 11.3 Å². The maximum atomic E-state index is 13.3. The summed E-state index contributed by atoms with van der Waals surface area (Å²) < 4.78 is 29.1. The van der Waals surface area contributed by atoms with Crippen LogP contribution in [0.25, 0.3) is 15.9 Å². The van der Waals surface area contributed by atoms with E-state index in [0.717, 1.165) is 41.1 Å². The molecule has 9 heteroatoms. The van der Waals surface area contributed by atoms with Crippen molar-refractivity contribution in [2.24, 2.45) is 5.92 Å². The summed E-state index contributed by atoms with van der Waals surface area (Å²) in [6.45, 7) is 5.99. The van der Waals surface area contributed by atoms with E-state index in [1.807, 2.05) is 18.4 Å². The van der Waals surface area contributed by atoms with Crippen molar-refractivity contribution < 1.29 is 8.42 Å². The second-order valence-electron chi connectivity index (χ2n) is 7.71. The van der Waals surface area contributed by atoms with E-state index in [9.17, 15) is 8.42 Å². The SMILES string of the molecule is Cc1ccc(S(=O)(=O)c2nnn3c2nc(N2CCC[C@H](C)C2)c2sccc23)cc1. The van der Waals surface area contributed by atoms with Gasteiger partial charge in [-0.05, 0) is 49.3 Å². The molecule has 0 spiro atoms. The molecule has 0 bridgehead atoms. The second-order valence-corrected chi connectivity index (χ2v) is 10.5.